The Bertz CT molecular complexity index is 562. The Morgan fingerprint density at radius 1 is 1.33 bits per heavy atom. The maximum absolute atomic E-state index is 11.3. The summed E-state index contributed by atoms with van der Waals surface area (Å²) < 4.78 is 17.0. The second-order valence-corrected chi connectivity index (χ2v) is 6.48. The molecule has 0 aromatic heterocycles. The minimum Gasteiger partial charge on any atom is -0.497 e. The highest BCUT2D eigenvalue weighted by atomic mass is 16.7. The van der Waals surface area contributed by atoms with Crippen LogP contribution in [0.2, 0.25) is 0 Å². The summed E-state index contributed by atoms with van der Waals surface area (Å²) in [7, 11) is 1.65. The van der Waals surface area contributed by atoms with Crippen molar-refractivity contribution in [3.05, 3.63) is 41.5 Å². The number of Topliss-reactive ketones (excluding diaryl/α,β-unsaturated/α-hetero) is 1. The van der Waals surface area contributed by atoms with Gasteiger partial charge in [-0.3, -0.25) is 4.79 Å². The fourth-order valence-corrected chi connectivity index (χ4v) is 2.81. The summed E-state index contributed by atoms with van der Waals surface area (Å²) in [5.41, 5.74) is 1.85. The summed E-state index contributed by atoms with van der Waals surface area (Å²) in [6.07, 6.45) is 4.83. The van der Waals surface area contributed by atoms with E-state index >= 15 is 0 Å². The second kappa shape index (κ2) is 9.00. The summed E-state index contributed by atoms with van der Waals surface area (Å²) in [5, 5.41) is 0. The largest absolute Gasteiger partial charge is 0.497 e. The van der Waals surface area contributed by atoms with Crippen LogP contribution in [-0.2, 0) is 14.3 Å². The van der Waals surface area contributed by atoms with Gasteiger partial charge in [-0.15, -0.1) is 0 Å². The molecule has 1 heterocycles. The first kappa shape index (κ1) is 18.7. The molecule has 1 aliphatic rings. The summed E-state index contributed by atoms with van der Waals surface area (Å²) in [6.45, 7) is 6.34. The van der Waals surface area contributed by atoms with Crippen molar-refractivity contribution >= 4 is 5.78 Å². The Balaban J connectivity index is 1.86. The normalized spacial score (nSPS) is 22.9. The zero-order chi connectivity index (χ0) is 17.5. The molecule has 0 saturated carbocycles. The van der Waals surface area contributed by atoms with E-state index in [0.717, 1.165) is 36.1 Å². The van der Waals surface area contributed by atoms with Gasteiger partial charge in [0, 0.05) is 5.56 Å². The van der Waals surface area contributed by atoms with Crippen LogP contribution in [0.15, 0.2) is 35.9 Å². The zero-order valence-corrected chi connectivity index (χ0v) is 15.1. The molecule has 2 rings (SSSR count). The van der Waals surface area contributed by atoms with Crippen molar-refractivity contribution in [2.24, 2.45) is 5.92 Å². The Hall–Kier alpha value is -1.65. The summed E-state index contributed by atoms with van der Waals surface area (Å²) >= 11 is 0. The maximum Gasteiger partial charge on any atom is 0.184 e. The van der Waals surface area contributed by atoms with Crippen LogP contribution < -0.4 is 4.74 Å². The molecule has 0 radical (unpaired) electrons. The van der Waals surface area contributed by atoms with Gasteiger partial charge in [-0.2, -0.15) is 0 Å². The van der Waals surface area contributed by atoms with E-state index in [1.165, 1.54) is 0 Å². The second-order valence-electron chi connectivity index (χ2n) is 6.48. The SMILES string of the molecule is COc1ccc(C2OCC[C@@H](CC[C@H](C)/C=C(\C)C(C)=O)O2)cc1. The van der Waals surface area contributed by atoms with E-state index < -0.39 is 0 Å². The van der Waals surface area contributed by atoms with E-state index in [-0.39, 0.29) is 18.2 Å². The summed E-state index contributed by atoms with van der Waals surface area (Å²) in [5.74, 6) is 1.34. The van der Waals surface area contributed by atoms with E-state index in [1.807, 2.05) is 31.2 Å². The topological polar surface area (TPSA) is 44.8 Å². The molecule has 0 amide bonds. The number of ketones is 1. The van der Waals surface area contributed by atoms with Crippen LogP contribution >= 0.6 is 0 Å². The van der Waals surface area contributed by atoms with Gasteiger partial charge in [0.25, 0.3) is 0 Å². The average molecular weight is 332 g/mol. The Labute approximate surface area is 144 Å². The minimum absolute atomic E-state index is 0.142. The molecular weight excluding hydrogens is 304 g/mol. The van der Waals surface area contributed by atoms with Gasteiger partial charge >= 0.3 is 0 Å². The third kappa shape index (κ3) is 5.46. The monoisotopic (exact) mass is 332 g/mol. The molecule has 0 aliphatic carbocycles. The lowest BCUT2D eigenvalue weighted by molar-refractivity contribution is -0.218. The number of allylic oxidation sites excluding steroid dienone is 2. The van der Waals surface area contributed by atoms with Gasteiger partial charge in [-0.1, -0.05) is 25.1 Å². The number of benzene rings is 1. The lowest BCUT2D eigenvalue weighted by Gasteiger charge is -2.31. The lowest BCUT2D eigenvalue weighted by Crippen LogP contribution is -2.27. The van der Waals surface area contributed by atoms with Gasteiger partial charge in [0.1, 0.15) is 5.75 Å². The number of hydrogen-bond acceptors (Lipinski definition) is 4. The van der Waals surface area contributed by atoms with Crippen molar-refractivity contribution < 1.29 is 19.0 Å². The highest BCUT2D eigenvalue weighted by Gasteiger charge is 2.24. The van der Waals surface area contributed by atoms with Crippen molar-refractivity contribution in [3.8, 4) is 5.75 Å². The smallest absolute Gasteiger partial charge is 0.184 e. The third-order valence-corrected chi connectivity index (χ3v) is 4.45. The Morgan fingerprint density at radius 2 is 2.04 bits per heavy atom. The standard InChI is InChI=1S/C20H28O4/c1-14(13-15(2)16(3)21)5-8-19-11-12-23-20(24-19)17-6-9-18(22-4)10-7-17/h6-7,9-10,13-14,19-20H,5,8,11-12H2,1-4H3/b15-13+/t14-,19+,20?/m0/s1. The minimum atomic E-state index is -0.306. The number of rotatable bonds is 7. The van der Waals surface area contributed by atoms with Crippen LogP contribution in [0.4, 0.5) is 0 Å². The third-order valence-electron chi connectivity index (χ3n) is 4.45. The highest BCUT2D eigenvalue weighted by Crippen LogP contribution is 2.30. The van der Waals surface area contributed by atoms with Gasteiger partial charge < -0.3 is 14.2 Å². The number of hydrogen-bond donors (Lipinski definition) is 0. The van der Waals surface area contributed by atoms with Crippen molar-refractivity contribution in [1.29, 1.82) is 0 Å². The maximum atomic E-state index is 11.3. The highest BCUT2D eigenvalue weighted by molar-refractivity contribution is 5.92. The predicted molar refractivity (Wildman–Crippen MR) is 94.0 cm³/mol. The average Bonchev–Trinajstić information content (AvgIpc) is 2.60. The van der Waals surface area contributed by atoms with Gasteiger partial charge in [-0.05, 0) is 56.7 Å². The number of methoxy groups -OCH3 is 1. The first-order chi connectivity index (χ1) is 11.5. The molecule has 4 nitrogen and oxygen atoms in total. The number of carbonyl (C=O) groups excluding carboxylic acids is 1. The molecule has 3 atom stereocenters. The van der Waals surface area contributed by atoms with Gasteiger partial charge in [0.15, 0.2) is 12.1 Å². The molecule has 1 aliphatic heterocycles. The molecule has 132 valence electrons. The molecule has 1 unspecified atom stereocenters. The van der Waals surface area contributed by atoms with Crippen molar-refractivity contribution in [1.82, 2.24) is 0 Å². The first-order valence-electron chi connectivity index (χ1n) is 8.60. The van der Waals surface area contributed by atoms with E-state index in [4.69, 9.17) is 14.2 Å². The fourth-order valence-electron chi connectivity index (χ4n) is 2.81. The van der Waals surface area contributed by atoms with E-state index in [9.17, 15) is 4.79 Å². The quantitative estimate of drug-likeness (QED) is 0.692. The molecule has 0 N–H and O–H groups in total. The van der Waals surface area contributed by atoms with E-state index in [0.29, 0.717) is 12.5 Å². The number of carbonyl (C=O) groups is 1. The van der Waals surface area contributed by atoms with Crippen LogP contribution in [0.25, 0.3) is 0 Å². The molecule has 1 fully saturated rings. The molecule has 0 spiro atoms. The Kier molecular flexibility index (Phi) is 7.00. The van der Waals surface area contributed by atoms with Crippen molar-refractivity contribution in [2.45, 2.75) is 52.4 Å². The van der Waals surface area contributed by atoms with Crippen LogP contribution in [0.5, 0.6) is 5.75 Å². The van der Waals surface area contributed by atoms with Crippen molar-refractivity contribution in [3.63, 3.8) is 0 Å². The van der Waals surface area contributed by atoms with Crippen molar-refractivity contribution in [2.75, 3.05) is 13.7 Å². The summed E-state index contributed by atoms with van der Waals surface area (Å²) in [6, 6.07) is 7.80. The van der Waals surface area contributed by atoms with Gasteiger partial charge in [0.2, 0.25) is 0 Å². The van der Waals surface area contributed by atoms with Crippen LogP contribution in [0.3, 0.4) is 0 Å². The van der Waals surface area contributed by atoms with E-state index in [2.05, 4.69) is 13.0 Å². The molecule has 4 heteroatoms. The number of ether oxygens (including phenoxy) is 3. The van der Waals surface area contributed by atoms with Gasteiger partial charge in [-0.25, -0.2) is 0 Å². The lowest BCUT2D eigenvalue weighted by atomic mass is 9.98. The molecule has 1 aromatic rings. The van der Waals surface area contributed by atoms with Crippen LogP contribution in [0.1, 0.15) is 51.9 Å². The van der Waals surface area contributed by atoms with Crippen LogP contribution in [-0.4, -0.2) is 25.6 Å². The fraction of sp³-hybridized carbons (Fsp3) is 0.550. The zero-order valence-electron chi connectivity index (χ0n) is 15.1. The predicted octanol–water partition coefficient (Wildman–Crippen LogP) is 4.45. The Morgan fingerprint density at radius 3 is 2.67 bits per heavy atom. The molecule has 1 aromatic carbocycles. The molecule has 1 saturated heterocycles. The molecular formula is C20H28O4. The van der Waals surface area contributed by atoms with Crippen LogP contribution in [0, 0.1) is 5.92 Å². The van der Waals surface area contributed by atoms with Gasteiger partial charge in [0.05, 0.1) is 19.8 Å². The molecule has 0 bridgehead atoms. The van der Waals surface area contributed by atoms with E-state index in [1.54, 1.807) is 14.0 Å². The first-order valence-corrected chi connectivity index (χ1v) is 8.60. The molecule has 24 heavy (non-hydrogen) atoms. The summed E-state index contributed by atoms with van der Waals surface area (Å²) in [4.78, 5) is 11.3.